The first-order valence-electron chi connectivity index (χ1n) is 10.2. The van der Waals surface area contributed by atoms with Crippen LogP contribution in [-0.2, 0) is 14.6 Å². The van der Waals surface area contributed by atoms with Gasteiger partial charge in [-0.3, -0.25) is 9.79 Å². The van der Waals surface area contributed by atoms with Crippen LogP contribution in [-0.4, -0.2) is 89.6 Å². The smallest absolute Gasteiger partial charge is 0.222 e. The average molecular weight is 565 g/mol. The number of aliphatic imine (C=N–C) groups is 1. The zero-order chi connectivity index (χ0) is 21.6. The van der Waals surface area contributed by atoms with Gasteiger partial charge in [0.1, 0.15) is 5.75 Å². The molecule has 0 radical (unpaired) electrons. The number of guanidine groups is 1. The van der Waals surface area contributed by atoms with Crippen LogP contribution >= 0.6 is 24.0 Å². The van der Waals surface area contributed by atoms with E-state index in [0.29, 0.717) is 13.0 Å². The van der Waals surface area contributed by atoms with Crippen LogP contribution in [0.1, 0.15) is 12.8 Å². The van der Waals surface area contributed by atoms with E-state index in [1.54, 1.807) is 14.2 Å². The largest absolute Gasteiger partial charge is 0.495 e. The fourth-order valence-electron chi connectivity index (χ4n) is 3.88. The number of piperazine rings is 1. The summed E-state index contributed by atoms with van der Waals surface area (Å²) in [6, 6.07) is 7.75. The van der Waals surface area contributed by atoms with Crippen molar-refractivity contribution in [2.45, 2.75) is 18.9 Å². The Labute approximate surface area is 201 Å². The van der Waals surface area contributed by atoms with E-state index in [9.17, 15) is 13.2 Å². The monoisotopic (exact) mass is 565 g/mol. The number of anilines is 1. The molecule has 0 spiro atoms. The molecular formula is C20H32IN5O4S. The quantitative estimate of drug-likeness (QED) is 0.298. The summed E-state index contributed by atoms with van der Waals surface area (Å²) in [6.45, 7) is 3.76. The molecule has 1 aromatic carbocycles. The number of hydrogen-bond donors (Lipinski definition) is 2. The predicted octanol–water partition coefficient (Wildman–Crippen LogP) is 0.704. The van der Waals surface area contributed by atoms with Crippen molar-refractivity contribution >= 4 is 51.4 Å². The number of carbonyl (C=O) groups excluding carboxylic acids is 1. The number of methoxy groups -OCH3 is 1. The number of benzene rings is 1. The molecule has 31 heavy (non-hydrogen) atoms. The standard InChI is InChI=1S/C20H31N5O4S.HI/c1-21-20(22-9-7-19(26)23-16-8-14-30(27,28)15-16)25-12-10-24(11-13-25)17-5-3-4-6-18(17)29-2;/h3-6,16H,7-15H2,1-2H3,(H,21,22)(H,23,26);1H. The molecular weight excluding hydrogens is 533 g/mol. The molecule has 2 aliphatic rings. The number of carbonyl (C=O) groups is 1. The molecule has 11 heteroatoms. The van der Waals surface area contributed by atoms with Gasteiger partial charge in [0.15, 0.2) is 15.8 Å². The number of halogens is 1. The first-order chi connectivity index (χ1) is 14.4. The van der Waals surface area contributed by atoms with Gasteiger partial charge in [-0.05, 0) is 18.6 Å². The van der Waals surface area contributed by atoms with E-state index in [4.69, 9.17) is 4.74 Å². The molecule has 2 saturated heterocycles. The summed E-state index contributed by atoms with van der Waals surface area (Å²) in [6.07, 6.45) is 0.774. The third kappa shape index (κ3) is 7.13. The van der Waals surface area contributed by atoms with E-state index in [1.807, 2.05) is 18.2 Å². The van der Waals surface area contributed by atoms with Crippen molar-refractivity contribution in [1.82, 2.24) is 15.5 Å². The number of amides is 1. The van der Waals surface area contributed by atoms with Gasteiger partial charge in [-0.15, -0.1) is 24.0 Å². The molecule has 0 aliphatic carbocycles. The SMILES string of the molecule is CN=C(NCCC(=O)NC1CCS(=O)(=O)C1)N1CCN(c2ccccc2OC)CC1.I. The molecule has 174 valence electrons. The van der Waals surface area contributed by atoms with Crippen LogP contribution in [0.2, 0.25) is 0 Å². The van der Waals surface area contributed by atoms with E-state index in [-0.39, 0.29) is 53.9 Å². The maximum atomic E-state index is 12.1. The van der Waals surface area contributed by atoms with Gasteiger partial charge >= 0.3 is 0 Å². The maximum absolute atomic E-state index is 12.1. The number of nitrogens with one attached hydrogen (secondary N) is 2. The highest BCUT2D eigenvalue weighted by atomic mass is 127. The van der Waals surface area contributed by atoms with Gasteiger partial charge in [0, 0.05) is 52.2 Å². The Morgan fingerprint density at radius 1 is 1.23 bits per heavy atom. The molecule has 0 aromatic heterocycles. The van der Waals surface area contributed by atoms with Gasteiger partial charge in [-0.2, -0.15) is 0 Å². The lowest BCUT2D eigenvalue weighted by atomic mass is 10.2. The molecule has 1 atom stereocenters. The average Bonchev–Trinajstić information content (AvgIpc) is 3.09. The lowest BCUT2D eigenvalue weighted by Gasteiger charge is -2.38. The number of para-hydroxylation sites is 2. The van der Waals surface area contributed by atoms with Gasteiger partial charge < -0.3 is 25.2 Å². The van der Waals surface area contributed by atoms with Gasteiger partial charge in [0.25, 0.3) is 0 Å². The third-order valence-corrected chi connectivity index (χ3v) is 7.22. The van der Waals surface area contributed by atoms with Crippen LogP contribution in [0.4, 0.5) is 5.69 Å². The normalized spacial score (nSPS) is 20.7. The molecule has 2 aliphatic heterocycles. The fraction of sp³-hybridized carbons (Fsp3) is 0.600. The van der Waals surface area contributed by atoms with Crippen molar-refractivity contribution in [3.63, 3.8) is 0 Å². The van der Waals surface area contributed by atoms with Crippen molar-refractivity contribution in [1.29, 1.82) is 0 Å². The summed E-state index contributed by atoms with van der Waals surface area (Å²) in [5.74, 6) is 1.70. The topological polar surface area (TPSA) is 103 Å². The van der Waals surface area contributed by atoms with Crippen molar-refractivity contribution < 1.29 is 17.9 Å². The van der Waals surface area contributed by atoms with Gasteiger partial charge in [-0.1, -0.05) is 12.1 Å². The van der Waals surface area contributed by atoms with Crippen molar-refractivity contribution in [3.8, 4) is 5.75 Å². The van der Waals surface area contributed by atoms with Crippen molar-refractivity contribution in [2.24, 2.45) is 4.99 Å². The second kappa shape index (κ2) is 11.7. The second-order valence-electron chi connectivity index (χ2n) is 7.54. The van der Waals surface area contributed by atoms with E-state index >= 15 is 0 Å². The van der Waals surface area contributed by atoms with Crippen molar-refractivity contribution in [2.75, 3.05) is 63.3 Å². The summed E-state index contributed by atoms with van der Waals surface area (Å²) in [7, 11) is 0.427. The number of rotatable bonds is 6. The van der Waals surface area contributed by atoms with Gasteiger partial charge in [0.2, 0.25) is 5.91 Å². The number of sulfone groups is 1. The second-order valence-corrected chi connectivity index (χ2v) is 9.77. The van der Waals surface area contributed by atoms with Crippen LogP contribution in [0.15, 0.2) is 29.3 Å². The van der Waals surface area contributed by atoms with Crippen LogP contribution < -0.4 is 20.3 Å². The molecule has 2 N–H and O–H groups in total. The molecule has 2 fully saturated rings. The Balaban J connectivity index is 0.00000341. The molecule has 1 aromatic rings. The zero-order valence-electron chi connectivity index (χ0n) is 18.0. The Morgan fingerprint density at radius 3 is 2.55 bits per heavy atom. The van der Waals surface area contributed by atoms with Crippen LogP contribution in [0.3, 0.4) is 0 Å². The minimum atomic E-state index is -2.99. The Morgan fingerprint density at radius 2 is 1.94 bits per heavy atom. The Kier molecular flexibility index (Phi) is 9.66. The van der Waals surface area contributed by atoms with Crippen molar-refractivity contribution in [3.05, 3.63) is 24.3 Å². The first kappa shape index (κ1) is 25.5. The Bertz CT molecular complexity index is 872. The summed E-state index contributed by atoms with van der Waals surface area (Å²) >= 11 is 0. The first-order valence-corrected chi connectivity index (χ1v) is 12.1. The van der Waals surface area contributed by atoms with E-state index in [1.165, 1.54) is 0 Å². The molecule has 9 nitrogen and oxygen atoms in total. The number of nitrogens with zero attached hydrogens (tertiary/aromatic N) is 3. The highest BCUT2D eigenvalue weighted by Gasteiger charge is 2.28. The van der Waals surface area contributed by atoms with Crippen LogP contribution in [0, 0.1) is 0 Å². The summed E-state index contributed by atoms with van der Waals surface area (Å²) < 4.78 is 28.5. The van der Waals surface area contributed by atoms with E-state index in [2.05, 4.69) is 31.5 Å². The number of ether oxygens (including phenoxy) is 1. The predicted molar refractivity (Wildman–Crippen MR) is 133 cm³/mol. The molecule has 2 heterocycles. The zero-order valence-corrected chi connectivity index (χ0v) is 21.2. The third-order valence-electron chi connectivity index (χ3n) is 5.45. The fourth-order valence-corrected chi connectivity index (χ4v) is 5.55. The number of hydrogen-bond acceptors (Lipinski definition) is 6. The van der Waals surface area contributed by atoms with Gasteiger partial charge in [-0.25, -0.2) is 8.42 Å². The minimum Gasteiger partial charge on any atom is -0.495 e. The Hall–Kier alpha value is -1.76. The molecule has 0 saturated carbocycles. The molecule has 1 unspecified atom stereocenters. The van der Waals surface area contributed by atoms with Gasteiger partial charge in [0.05, 0.1) is 24.3 Å². The van der Waals surface area contributed by atoms with Crippen LogP contribution in [0.5, 0.6) is 5.75 Å². The molecule has 3 rings (SSSR count). The van der Waals surface area contributed by atoms with E-state index in [0.717, 1.165) is 43.6 Å². The molecule has 0 bridgehead atoms. The highest BCUT2D eigenvalue weighted by molar-refractivity contribution is 14.0. The lowest BCUT2D eigenvalue weighted by Crippen LogP contribution is -2.53. The molecule has 1 amide bonds. The lowest BCUT2D eigenvalue weighted by molar-refractivity contribution is -0.121. The summed E-state index contributed by atoms with van der Waals surface area (Å²) in [4.78, 5) is 20.9. The maximum Gasteiger partial charge on any atom is 0.222 e. The summed E-state index contributed by atoms with van der Waals surface area (Å²) in [5.41, 5.74) is 1.09. The van der Waals surface area contributed by atoms with Crippen LogP contribution in [0.25, 0.3) is 0 Å². The minimum absolute atomic E-state index is 0. The summed E-state index contributed by atoms with van der Waals surface area (Å²) in [5, 5.41) is 6.05. The van der Waals surface area contributed by atoms with E-state index < -0.39 is 9.84 Å². The highest BCUT2D eigenvalue weighted by Crippen LogP contribution is 2.28.